The van der Waals surface area contributed by atoms with E-state index in [1.165, 1.54) is 0 Å². The number of oxime groups is 1. The second kappa shape index (κ2) is 5.72. The SMILES string of the molecule is CCC(CC)(C(=O)N(C)C(C)C)C(N)=NO. The quantitative estimate of drug-likeness (QED) is 0.324. The molecule has 0 radical (unpaired) electrons. The van der Waals surface area contributed by atoms with E-state index in [4.69, 9.17) is 10.9 Å². The molecule has 1 amide bonds. The van der Waals surface area contributed by atoms with Gasteiger partial charge in [-0.05, 0) is 26.7 Å². The van der Waals surface area contributed by atoms with Gasteiger partial charge in [0, 0.05) is 13.1 Å². The Kier molecular flexibility index (Phi) is 5.27. The molecular weight excluding hydrogens is 206 g/mol. The molecule has 0 aliphatic heterocycles. The lowest BCUT2D eigenvalue weighted by Gasteiger charge is -2.34. The van der Waals surface area contributed by atoms with Gasteiger partial charge in [0.05, 0.1) is 0 Å². The molecule has 94 valence electrons. The Balaban J connectivity index is 5.29. The maximum atomic E-state index is 12.3. The summed E-state index contributed by atoms with van der Waals surface area (Å²) in [5.41, 5.74) is 4.78. The highest BCUT2D eigenvalue weighted by molar-refractivity contribution is 6.06. The van der Waals surface area contributed by atoms with Crippen LogP contribution in [0, 0.1) is 5.41 Å². The van der Waals surface area contributed by atoms with Gasteiger partial charge in [-0.25, -0.2) is 0 Å². The first kappa shape index (κ1) is 14.7. The van der Waals surface area contributed by atoms with Gasteiger partial charge in [-0.15, -0.1) is 0 Å². The standard InChI is InChI=1S/C11H23N3O2/c1-6-11(7-2,9(12)13-16)10(15)14(5)8(3)4/h8,16H,6-7H2,1-5H3,(H2,12,13). The van der Waals surface area contributed by atoms with Crippen LogP contribution in [-0.4, -0.2) is 34.9 Å². The van der Waals surface area contributed by atoms with E-state index in [0.29, 0.717) is 12.8 Å². The molecule has 0 spiro atoms. The first-order valence-electron chi connectivity index (χ1n) is 5.62. The molecule has 0 atom stereocenters. The van der Waals surface area contributed by atoms with Crippen molar-refractivity contribution in [2.24, 2.45) is 16.3 Å². The van der Waals surface area contributed by atoms with Crippen molar-refractivity contribution >= 4 is 11.7 Å². The van der Waals surface area contributed by atoms with Gasteiger partial charge in [-0.3, -0.25) is 4.79 Å². The van der Waals surface area contributed by atoms with Crippen molar-refractivity contribution in [2.45, 2.75) is 46.6 Å². The number of carbonyl (C=O) groups is 1. The summed E-state index contributed by atoms with van der Waals surface area (Å²) >= 11 is 0. The minimum absolute atomic E-state index is 0.00463. The number of nitrogens with zero attached hydrogens (tertiary/aromatic N) is 2. The molecular formula is C11H23N3O2. The molecule has 0 aromatic carbocycles. The number of hydrogen-bond acceptors (Lipinski definition) is 3. The first-order chi connectivity index (χ1) is 7.37. The van der Waals surface area contributed by atoms with Crippen molar-refractivity contribution in [2.75, 3.05) is 7.05 Å². The van der Waals surface area contributed by atoms with Crippen molar-refractivity contribution in [1.29, 1.82) is 0 Å². The Morgan fingerprint density at radius 1 is 1.44 bits per heavy atom. The van der Waals surface area contributed by atoms with E-state index in [1.807, 2.05) is 27.7 Å². The highest BCUT2D eigenvalue weighted by Crippen LogP contribution is 2.29. The Morgan fingerprint density at radius 3 is 2.12 bits per heavy atom. The molecule has 0 fully saturated rings. The molecule has 0 aromatic rings. The van der Waals surface area contributed by atoms with Crippen LogP contribution in [0.15, 0.2) is 5.16 Å². The van der Waals surface area contributed by atoms with Crippen molar-refractivity contribution in [1.82, 2.24) is 4.90 Å². The second-order valence-corrected chi connectivity index (χ2v) is 4.28. The third-order valence-corrected chi connectivity index (χ3v) is 3.31. The zero-order valence-corrected chi connectivity index (χ0v) is 10.8. The van der Waals surface area contributed by atoms with Crippen LogP contribution < -0.4 is 5.73 Å². The van der Waals surface area contributed by atoms with Crippen LogP contribution in [0.1, 0.15) is 40.5 Å². The van der Waals surface area contributed by atoms with Gasteiger partial charge in [0.15, 0.2) is 5.84 Å². The lowest BCUT2D eigenvalue weighted by Crippen LogP contribution is -2.51. The van der Waals surface area contributed by atoms with E-state index in [0.717, 1.165) is 0 Å². The molecule has 0 heterocycles. The first-order valence-corrected chi connectivity index (χ1v) is 5.62. The van der Waals surface area contributed by atoms with Gasteiger partial charge >= 0.3 is 0 Å². The molecule has 0 aliphatic rings. The van der Waals surface area contributed by atoms with E-state index in [9.17, 15) is 4.79 Å². The van der Waals surface area contributed by atoms with Crippen LogP contribution in [-0.2, 0) is 4.79 Å². The van der Waals surface area contributed by atoms with Gasteiger partial charge in [0.2, 0.25) is 5.91 Å². The molecule has 0 saturated carbocycles. The minimum Gasteiger partial charge on any atom is -0.409 e. The maximum absolute atomic E-state index is 12.3. The van der Waals surface area contributed by atoms with Crippen molar-refractivity contribution < 1.29 is 10.0 Å². The molecule has 5 nitrogen and oxygen atoms in total. The predicted octanol–water partition coefficient (Wildman–Crippen LogP) is 1.41. The largest absolute Gasteiger partial charge is 0.409 e. The summed E-state index contributed by atoms with van der Waals surface area (Å²) in [4.78, 5) is 14.0. The molecule has 16 heavy (non-hydrogen) atoms. The van der Waals surface area contributed by atoms with E-state index in [1.54, 1.807) is 11.9 Å². The number of nitrogens with two attached hydrogens (primary N) is 1. The summed E-state index contributed by atoms with van der Waals surface area (Å²) in [6.45, 7) is 7.60. The number of amidine groups is 1. The fraction of sp³-hybridized carbons (Fsp3) is 0.818. The summed E-state index contributed by atoms with van der Waals surface area (Å²) in [6, 6.07) is 0.0940. The van der Waals surface area contributed by atoms with E-state index in [2.05, 4.69) is 5.16 Å². The summed E-state index contributed by atoms with van der Waals surface area (Å²) in [7, 11) is 1.73. The van der Waals surface area contributed by atoms with E-state index < -0.39 is 5.41 Å². The van der Waals surface area contributed by atoms with Crippen LogP contribution in [0.5, 0.6) is 0 Å². The fourth-order valence-electron chi connectivity index (χ4n) is 1.69. The lowest BCUT2D eigenvalue weighted by molar-refractivity contribution is -0.139. The second-order valence-electron chi connectivity index (χ2n) is 4.28. The monoisotopic (exact) mass is 229 g/mol. The molecule has 0 saturated heterocycles. The van der Waals surface area contributed by atoms with Crippen molar-refractivity contribution in [3.8, 4) is 0 Å². The molecule has 0 aromatic heterocycles. The highest BCUT2D eigenvalue weighted by atomic mass is 16.4. The van der Waals surface area contributed by atoms with E-state index in [-0.39, 0.29) is 17.8 Å². The molecule has 0 bridgehead atoms. The zero-order valence-electron chi connectivity index (χ0n) is 10.8. The van der Waals surface area contributed by atoms with Crippen LogP contribution >= 0.6 is 0 Å². The Morgan fingerprint density at radius 2 is 1.88 bits per heavy atom. The third kappa shape index (κ3) is 2.46. The summed E-state index contributed by atoms with van der Waals surface area (Å²) in [5, 5.41) is 11.8. The van der Waals surface area contributed by atoms with Crippen LogP contribution in [0.25, 0.3) is 0 Å². The summed E-state index contributed by atoms with van der Waals surface area (Å²) < 4.78 is 0. The molecule has 0 rings (SSSR count). The topological polar surface area (TPSA) is 78.9 Å². The number of rotatable bonds is 5. The summed E-state index contributed by atoms with van der Waals surface area (Å²) in [5.74, 6) is -0.0993. The maximum Gasteiger partial charge on any atom is 0.236 e. The third-order valence-electron chi connectivity index (χ3n) is 3.31. The lowest BCUT2D eigenvalue weighted by atomic mass is 9.79. The van der Waals surface area contributed by atoms with Crippen LogP contribution in [0.3, 0.4) is 0 Å². The van der Waals surface area contributed by atoms with Crippen LogP contribution in [0.2, 0.25) is 0 Å². The van der Waals surface area contributed by atoms with Crippen molar-refractivity contribution in [3.05, 3.63) is 0 Å². The van der Waals surface area contributed by atoms with Crippen molar-refractivity contribution in [3.63, 3.8) is 0 Å². The smallest absolute Gasteiger partial charge is 0.236 e. The van der Waals surface area contributed by atoms with Gasteiger partial charge in [0.1, 0.15) is 5.41 Å². The van der Waals surface area contributed by atoms with Gasteiger partial charge in [-0.2, -0.15) is 0 Å². The molecule has 5 heteroatoms. The number of hydrogen-bond donors (Lipinski definition) is 2. The average molecular weight is 229 g/mol. The molecule has 0 aliphatic carbocycles. The minimum atomic E-state index is -0.881. The highest BCUT2D eigenvalue weighted by Gasteiger charge is 2.42. The van der Waals surface area contributed by atoms with Gasteiger partial charge in [0.25, 0.3) is 0 Å². The Hall–Kier alpha value is -1.26. The van der Waals surface area contributed by atoms with Crippen LogP contribution in [0.4, 0.5) is 0 Å². The zero-order chi connectivity index (χ0) is 12.9. The average Bonchev–Trinajstić information content (AvgIpc) is 2.29. The number of carbonyl (C=O) groups excluding carboxylic acids is 1. The van der Waals surface area contributed by atoms with Gasteiger partial charge < -0.3 is 15.8 Å². The van der Waals surface area contributed by atoms with Gasteiger partial charge in [-0.1, -0.05) is 19.0 Å². The Bertz CT molecular complexity index is 270. The Labute approximate surface area is 97.3 Å². The predicted molar refractivity (Wildman–Crippen MR) is 64.3 cm³/mol. The summed E-state index contributed by atoms with van der Waals surface area (Å²) in [6.07, 6.45) is 1.05. The molecule has 3 N–H and O–H groups in total. The van der Waals surface area contributed by atoms with E-state index >= 15 is 0 Å². The molecule has 0 unspecified atom stereocenters. The number of amides is 1. The fourth-order valence-corrected chi connectivity index (χ4v) is 1.69. The normalized spacial score (nSPS) is 13.0.